The van der Waals surface area contributed by atoms with Crippen LogP contribution in [-0.2, 0) is 11.3 Å². The van der Waals surface area contributed by atoms with Gasteiger partial charge in [0, 0.05) is 11.9 Å². The fourth-order valence-electron chi connectivity index (χ4n) is 2.63. The maximum atomic E-state index is 12.2. The van der Waals surface area contributed by atoms with E-state index in [2.05, 4.69) is 27.2 Å². The minimum absolute atomic E-state index is 0.00713. The van der Waals surface area contributed by atoms with E-state index in [1.807, 2.05) is 49.4 Å². The van der Waals surface area contributed by atoms with E-state index in [1.54, 1.807) is 12.3 Å². The first-order chi connectivity index (χ1) is 12.7. The third-order valence-electron chi connectivity index (χ3n) is 4.04. The van der Waals surface area contributed by atoms with Crippen LogP contribution in [0, 0.1) is 6.92 Å². The van der Waals surface area contributed by atoms with E-state index in [9.17, 15) is 4.79 Å². The highest BCUT2D eigenvalue weighted by Crippen LogP contribution is 2.19. The van der Waals surface area contributed by atoms with Gasteiger partial charge in [-0.2, -0.15) is 4.98 Å². The molecule has 0 saturated heterocycles. The van der Waals surface area contributed by atoms with Crippen molar-refractivity contribution in [1.82, 2.24) is 19.6 Å². The van der Waals surface area contributed by atoms with Crippen LogP contribution < -0.4 is 0 Å². The summed E-state index contributed by atoms with van der Waals surface area (Å²) in [4.78, 5) is 20.4. The molecule has 0 spiro atoms. The summed E-state index contributed by atoms with van der Waals surface area (Å²) in [5.74, 6) is -0.182. The van der Waals surface area contributed by atoms with Crippen LogP contribution >= 0.6 is 0 Å². The van der Waals surface area contributed by atoms with Crippen molar-refractivity contribution in [1.29, 1.82) is 0 Å². The van der Waals surface area contributed by atoms with Crippen molar-refractivity contribution < 1.29 is 9.53 Å². The van der Waals surface area contributed by atoms with Gasteiger partial charge in [0.05, 0.1) is 0 Å². The molecule has 26 heavy (non-hydrogen) atoms. The van der Waals surface area contributed by atoms with Crippen LogP contribution in [0.4, 0.5) is 0 Å². The molecule has 2 aromatic heterocycles. The lowest BCUT2D eigenvalue weighted by Gasteiger charge is -2.05. The van der Waals surface area contributed by atoms with E-state index in [0.717, 1.165) is 22.4 Å². The molecule has 0 aliphatic carbocycles. The summed E-state index contributed by atoms with van der Waals surface area (Å²) in [5, 5.41) is 4.15. The molecule has 2 heterocycles. The van der Waals surface area contributed by atoms with Crippen LogP contribution in [0.25, 0.3) is 16.9 Å². The smallest absolute Gasteiger partial charge is 0.378 e. The van der Waals surface area contributed by atoms with Crippen LogP contribution in [0.5, 0.6) is 0 Å². The van der Waals surface area contributed by atoms with Gasteiger partial charge in [-0.25, -0.2) is 14.3 Å². The van der Waals surface area contributed by atoms with Crippen LogP contribution in [0.3, 0.4) is 0 Å². The summed E-state index contributed by atoms with van der Waals surface area (Å²) in [7, 11) is 0. The highest BCUT2D eigenvalue weighted by molar-refractivity contribution is 5.85. The Balaban J connectivity index is 1.44. The third kappa shape index (κ3) is 3.17. The van der Waals surface area contributed by atoms with E-state index >= 15 is 0 Å². The summed E-state index contributed by atoms with van der Waals surface area (Å²) in [6.45, 7) is 2.03. The number of benzene rings is 2. The number of nitrogens with zero attached hydrogens (tertiary/aromatic N) is 4. The molecule has 0 amide bonds. The van der Waals surface area contributed by atoms with Crippen molar-refractivity contribution in [2.75, 3.05) is 0 Å². The number of rotatable bonds is 4. The fraction of sp³-hybridized carbons (Fsp3) is 0.100. The molecular formula is C20H16N4O2. The van der Waals surface area contributed by atoms with Crippen molar-refractivity contribution >= 4 is 11.7 Å². The standard InChI is InChI=1S/C20H16N4O2/c1-14-11-12-21-20-22-18(23-24(14)20)19(25)26-13-15-7-9-17(10-8-15)16-5-3-2-4-6-16/h2-12H,13H2,1H3. The number of hydrogen-bond acceptors (Lipinski definition) is 5. The number of hydrogen-bond donors (Lipinski definition) is 0. The lowest BCUT2D eigenvalue weighted by Crippen LogP contribution is -2.07. The summed E-state index contributed by atoms with van der Waals surface area (Å²) in [6, 6.07) is 19.8. The van der Waals surface area contributed by atoms with Gasteiger partial charge in [0.2, 0.25) is 0 Å². The first-order valence-electron chi connectivity index (χ1n) is 8.20. The summed E-state index contributed by atoms with van der Waals surface area (Å²) in [6.07, 6.45) is 1.63. The van der Waals surface area contributed by atoms with Crippen molar-refractivity contribution in [3.8, 4) is 11.1 Å². The summed E-state index contributed by atoms with van der Waals surface area (Å²) >= 11 is 0. The summed E-state index contributed by atoms with van der Waals surface area (Å²) < 4.78 is 6.84. The fourth-order valence-corrected chi connectivity index (χ4v) is 2.63. The molecule has 0 unspecified atom stereocenters. The average Bonchev–Trinajstić information content (AvgIpc) is 3.13. The Morgan fingerprint density at radius 2 is 1.73 bits per heavy atom. The van der Waals surface area contributed by atoms with Gasteiger partial charge >= 0.3 is 5.97 Å². The van der Waals surface area contributed by atoms with Gasteiger partial charge in [-0.15, -0.1) is 5.10 Å². The van der Waals surface area contributed by atoms with Gasteiger partial charge in [0.25, 0.3) is 11.6 Å². The first kappa shape index (κ1) is 16.0. The third-order valence-corrected chi connectivity index (χ3v) is 4.04. The van der Waals surface area contributed by atoms with E-state index in [-0.39, 0.29) is 12.4 Å². The highest BCUT2D eigenvalue weighted by atomic mass is 16.5. The SMILES string of the molecule is Cc1ccnc2nc(C(=O)OCc3ccc(-c4ccccc4)cc3)nn12. The number of esters is 1. The normalized spacial score (nSPS) is 10.8. The maximum absolute atomic E-state index is 12.2. The van der Waals surface area contributed by atoms with Crippen LogP contribution in [-0.4, -0.2) is 25.6 Å². The lowest BCUT2D eigenvalue weighted by molar-refractivity contribution is 0.0458. The zero-order chi connectivity index (χ0) is 17.9. The van der Waals surface area contributed by atoms with E-state index in [1.165, 1.54) is 4.52 Å². The Morgan fingerprint density at radius 1 is 1.00 bits per heavy atom. The molecular weight excluding hydrogens is 328 g/mol. The lowest BCUT2D eigenvalue weighted by atomic mass is 10.0. The van der Waals surface area contributed by atoms with Crippen LogP contribution in [0.2, 0.25) is 0 Å². The topological polar surface area (TPSA) is 69.4 Å². The number of aryl methyl sites for hydroxylation is 1. The number of carbonyl (C=O) groups is 1. The monoisotopic (exact) mass is 344 g/mol. The Morgan fingerprint density at radius 3 is 2.46 bits per heavy atom. The van der Waals surface area contributed by atoms with Gasteiger partial charge in [0.1, 0.15) is 6.61 Å². The van der Waals surface area contributed by atoms with E-state index in [0.29, 0.717) is 5.78 Å². The van der Waals surface area contributed by atoms with Gasteiger partial charge < -0.3 is 4.74 Å². The Hall–Kier alpha value is -3.54. The Labute approximate surface area is 150 Å². The van der Waals surface area contributed by atoms with Crippen LogP contribution in [0.1, 0.15) is 21.9 Å². The quantitative estimate of drug-likeness (QED) is 0.530. The predicted molar refractivity (Wildman–Crippen MR) is 96.5 cm³/mol. The molecule has 0 atom stereocenters. The molecule has 0 fully saturated rings. The van der Waals surface area contributed by atoms with Crippen molar-refractivity contribution in [3.63, 3.8) is 0 Å². The number of fused-ring (bicyclic) bond motifs is 1. The van der Waals surface area contributed by atoms with Crippen molar-refractivity contribution in [2.45, 2.75) is 13.5 Å². The van der Waals surface area contributed by atoms with Gasteiger partial charge in [0.15, 0.2) is 0 Å². The zero-order valence-electron chi connectivity index (χ0n) is 14.2. The molecule has 0 bridgehead atoms. The molecule has 4 aromatic rings. The van der Waals surface area contributed by atoms with E-state index < -0.39 is 5.97 Å². The second-order valence-corrected chi connectivity index (χ2v) is 5.87. The molecule has 4 rings (SSSR count). The predicted octanol–water partition coefficient (Wildman–Crippen LogP) is 3.46. The van der Waals surface area contributed by atoms with Gasteiger partial charge in [-0.05, 0) is 29.7 Å². The second kappa shape index (κ2) is 6.76. The van der Waals surface area contributed by atoms with Crippen molar-refractivity contribution in [2.24, 2.45) is 0 Å². The Kier molecular flexibility index (Phi) is 4.15. The maximum Gasteiger partial charge on any atom is 0.378 e. The molecule has 0 saturated carbocycles. The number of carbonyl (C=O) groups excluding carboxylic acids is 1. The Bertz CT molecular complexity index is 1060. The van der Waals surface area contributed by atoms with Gasteiger partial charge in [-0.1, -0.05) is 54.6 Å². The molecule has 128 valence electrons. The van der Waals surface area contributed by atoms with E-state index in [4.69, 9.17) is 4.74 Å². The molecule has 2 aromatic carbocycles. The molecule has 6 heteroatoms. The minimum Gasteiger partial charge on any atom is -0.455 e. The highest BCUT2D eigenvalue weighted by Gasteiger charge is 2.16. The minimum atomic E-state index is -0.568. The average molecular weight is 344 g/mol. The van der Waals surface area contributed by atoms with Crippen LogP contribution in [0.15, 0.2) is 66.9 Å². The molecule has 0 aliphatic rings. The first-order valence-corrected chi connectivity index (χ1v) is 8.20. The zero-order valence-corrected chi connectivity index (χ0v) is 14.2. The molecule has 0 radical (unpaired) electrons. The van der Waals surface area contributed by atoms with Gasteiger partial charge in [-0.3, -0.25) is 0 Å². The second-order valence-electron chi connectivity index (χ2n) is 5.87. The molecule has 0 N–H and O–H groups in total. The van der Waals surface area contributed by atoms with Crippen molar-refractivity contribution in [3.05, 3.63) is 83.9 Å². The number of ether oxygens (including phenoxy) is 1. The number of aromatic nitrogens is 4. The molecule has 0 aliphatic heterocycles. The largest absolute Gasteiger partial charge is 0.455 e. The molecule has 6 nitrogen and oxygen atoms in total. The summed E-state index contributed by atoms with van der Waals surface area (Å²) in [5.41, 5.74) is 4.01.